The molecule has 0 radical (unpaired) electrons. The number of anilines is 1. The maximum Gasteiger partial charge on any atom is 0.229 e. The van der Waals surface area contributed by atoms with Gasteiger partial charge >= 0.3 is 0 Å². The number of ether oxygens (including phenoxy) is 3. The molecule has 1 aliphatic carbocycles. The van der Waals surface area contributed by atoms with Crippen LogP contribution in [0.2, 0.25) is 0 Å². The van der Waals surface area contributed by atoms with Crippen molar-refractivity contribution in [3.05, 3.63) is 29.3 Å². The zero-order valence-electron chi connectivity index (χ0n) is 16.9. The van der Waals surface area contributed by atoms with Gasteiger partial charge in [0.05, 0.1) is 45.1 Å². The van der Waals surface area contributed by atoms with E-state index < -0.39 is 0 Å². The lowest BCUT2D eigenvalue weighted by Crippen LogP contribution is -2.69. The smallest absolute Gasteiger partial charge is 0.229 e. The van der Waals surface area contributed by atoms with E-state index in [2.05, 4.69) is 21.9 Å². The zero-order valence-corrected chi connectivity index (χ0v) is 16.9. The molecule has 5 aliphatic heterocycles. The number of fused-ring (bicyclic) bond motifs is 2. The number of carbonyl (C=O) groups excluding carboxylic acids is 1. The molecule has 1 spiro atoms. The van der Waals surface area contributed by atoms with Gasteiger partial charge in [-0.2, -0.15) is 0 Å². The summed E-state index contributed by atoms with van der Waals surface area (Å²) in [4.78, 5) is 18.3. The number of amides is 1. The van der Waals surface area contributed by atoms with Crippen LogP contribution in [0.3, 0.4) is 0 Å². The lowest BCUT2D eigenvalue weighted by molar-refractivity contribution is -0.132. The molecular weight excluding hydrogens is 368 g/mol. The molecule has 2 bridgehead atoms. The molecule has 1 aromatic rings. The fraction of sp³-hybridized carbons (Fsp3) is 0.609. The number of nitrogens with zero attached hydrogens (tertiary/aromatic N) is 2. The second kappa shape index (κ2) is 5.35. The van der Waals surface area contributed by atoms with Crippen molar-refractivity contribution in [1.82, 2.24) is 4.90 Å². The van der Waals surface area contributed by atoms with Crippen LogP contribution in [0.1, 0.15) is 24.8 Å². The summed E-state index contributed by atoms with van der Waals surface area (Å²) in [6.45, 7) is 2.80. The van der Waals surface area contributed by atoms with Crippen LogP contribution in [0.15, 0.2) is 23.8 Å². The van der Waals surface area contributed by atoms with Gasteiger partial charge in [-0.15, -0.1) is 0 Å². The summed E-state index contributed by atoms with van der Waals surface area (Å²) < 4.78 is 17.6. The maximum atomic E-state index is 13.5. The molecule has 7 rings (SSSR count). The molecule has 6 atom stereocenters. The topological polar surface area (TPSA) is 51.2 Å². The molecule has 1 amide bonds. The largest absolute Gasteiger partial charge is 0.493 e. The van der Waals surface area contributed by atoms with Crippen molar-refractivity contribution in [1.29, 1.82) is 0 Å². The van der Waals surface area contributed by atoms with E-state index >= 15 is 0 Å². The van der Waals surface area contributed by atoms with Gasteiger partial charge in [-0.25, -0.2) is 0 Å². The summed E-state index contributed by atoms with van der Waals surface area (Å²) in [5, 5.41) is 0. The fourth-order valence-corrected chi connectivity index (χ4v) is 7.87. The summed E-state index contributed by atoms with van der Waals surface area (Å²) in [6.07, 6.45) is 5.11. The van der Waals surface area contributed by atoms with E-state index in [1.165, 1.54) is 12.0 Å². The number of methoxy groups -OCH3 is 2. The SMILES string of the molecule is COc1cc2c(cc1OC)[C@]13CCN4CC5=CCO[C@@H]6CC(=O)N2[C@H]1[C@@H]6[C@H]5C[C@@H]43. The summed E-state index contributed by atoms with van der Waals surface area (Å²) >= 11 is 0. The Morgan fingerprint density at radius 3 is 2.86 bits per heavy atom. The van der Waals surface area contributed by atoms with E-state index in [0.29, 0.717) is 36.7 Å². The minimum absolute atomic E-state index is 0.0242. The average Bonchev–Trinajstić information content (AvgIpc) is 3.20. The van der Waals surface area contributed by atoms with Gasteiger partial charge in [-0.1, -0.05) is 11.6 Å². The van der Waals surface area contributed by atoms with Gasteiger partial charge in [0, 0.05) is 30.0 Å². The first-order valence-corrected chi connectivity index (χ1v) is 10.8. The summed E-state index contributed by atoms with van der Waals surface area (Å²) in [6, 6.07) is 4.87. The summed E-state index contributed by atoms with van der Waals surface area (Å²) in [5.74, 6) is 2.57. The zero-order chi connectivity index (χ0) is 19.5. The Balaban J connectivity index is 1.52. The highest BCUT2D eigenvalue weighted by molar-refractivity contribution is 5.99. The standard InChI is InChI=1S/C23H26N2O4/c1-27-16-8-14-15(9-17(16)28-2)25-20(26)10-18-21-13-7-19-23(14,22(21)25)4-5-24(19)11-12(13)3-6-29-18/h3,8-9,13,18-19,21-22H,4-7,10-11H2,1-2H3/t13-,18+,19+,21+,22-,23-/m0/s1. The van der Waals surface area contributed by atoms with Crippen LogP contribution in [0.5, 0.6) is 11.5 Å². The molecule has 1 saturated carbocycles. The fourth-order valence-electron chi connectivity index (χ4n) is 7.87. The van der Waals surface area contributed by atoms with Crippen molar-refractivity contribution in [2.75, 3.05) is 38.8 Å². The third kappa shape index (κ3) is 1.76. The van der Waals surface area contributed by atoms with E-state index in [1.807, 2.05) is 6.07 Å². The minimum atomic E-state index is -0.0242. The van der Waals surface area contributed by atoms with Gasteiger partial charge < -0.3 is 19.1 Å². The van der Waals surface area contributed by atoms with Crippen molar-refractivity contribution < 1.29 is 19.0 Å². The van der Waals surface area contributed by atoms with Crippen LogP contribution in [-0.2, 0) is 14.9 Å². The molecule has 1 aromatic carbocycles. The van der Waals surface area contributed by atoms with Gasteiger partial charge in [-0.05, 0) is 36.9 Å². The van der Waals surface area contributed by atoms with Crippen LogP contribution in [0, 0.1) is 11.8 Å². The summed E-state index contributed by atoms with van der Waals surface area (Å²) in [5.41, 5.74) is 3.85. The number of benzene rings is 1. The van der Waals surface area contributed by atoms with Gasteiger partial charge in [0.25, 0.3) is 0 Å². The van der Waals surface area contributed by atoms with E-state index in [1.54, 1.807) is 19.8 Å². The predicted molar refractivity (Wildman–Crippen MR) is 107 cm³/mol. The van der Waals surface area contributed by atoms with Crippen molar-refractivity contribution in [3.63, 3.8) is 0 Å². The molecule has 5 heterocycles. The minimum Gasteiger partial charge on any atom is -0.493 e. The van der Waals surface area contributed by atoms with E-state index in [0.717, 1.165) is 30.9 Å². The van der Waals surface area contributed by atoms with Gasteiger partial charge in [-0.3, -0.25) is 9.69 Å². The molecule has 6 aliphatic rings. The molecule has 6 nitrogen and oxygen atoms in total. The second-order valence-electron chi connectivity index (χ2n) is 9.48. The van der Waals surface area contributed by atoms with Crippen molar-refractivity contribution in [2.45, 2.75) is 42.9 Å². The van der Waals surface area contributed by atoms with Crippen molar-refractivity contribution >= 4 is 11.6 Å². The first kappa shape index (κ1) is 16.7. The Hall–Kier alpha value is -2.05. The molecule has 3 saturated heterocycles. The number of hydrogen-bond donors (Lipinski definition) is 0. The number of piperidine rings is 2. The number of carbonyl (C=O) groups is 1. The quantitative estimate of drug-likeness (QED) is 0.719. The van der Waals surface area contributed by atoms with Crippen molar-refractivity contribution in [3.8, 4) is 11.5 Å². The Kier molecular flexibility index (Phi) is 3.08. The summed E-state index contributed by atoms with van der Waals surface area (Å²) in [7, 11) is 3.36. The highest BCUT2D eigenvalue weighted by Gasteiger charge is 2.71. The van der Waals surface area contributed by atoms with E-state index in [4.69, 9.17) is 14.2 Å². The average molecular weight is 394 g/mol. The highest BCUT2D eigenvalue weighted by Crippen LogP contribution is 2.66. The molecule has 29 heavy (non-hydrogen) atoms. The Labute approximate surface area is 170 Å². The van der Waals surface area contributed by atoms with Crippen LogP contribution >= 0.6 is 0 Å². The molecule has 0 aromatic heterocycles. The number of rotatable bonds is 2. The monoisotopic (exact) mass is 394 g/mol. The van der Waals surface area contributed by atoms with Crippen LogP contribution in [0.4, 0.5) is 5.69 Å². The Morgan fingerprint density at radius 1 is 1.21 bits per heavy atom. The highest BCUT2D eigenvalue weighted by atomic mass is 16.5. The Morgan fingerprint density at radius 2 is 2.03 bits per heavy atom. The van der Waals surface area contributed by atoms with Crippen LogP contribution in [0.25, 0.3) is 0 Å². The van der Waals surface area contributed by atoms with E-state index in [9.17, 15) is 4.79 Å². The van der Waals surface area contributed by atoms with Crippen LogP contribution in [-0.4, -0.2) is 62.9 Å². The van der Waals surface area contributed by atoms with Gasteiger partial charge in [0.1, 0.15) is 0 Å². The molecule has 4 fully saturated rings. The normalized spacial score (nSPS) is 41.0. The predicted octanol–water partition coefficient (Wildman–Crippen LogP) is 2.11. The molecule has 0 unspecified atom stereocenters. The van der Waals surface area contributed by atoms with Gasteiger partial charge in [0.15, 0.2) is 11.5 Å². The molecular formula is C23H26N2O4. The third-order valence-electron chi connectivity index (χ3n) is 8.81. The molecule has 6 heteroatoms. The van der Waals surface area contributed by atoms with Crippen LogP contribution < -0.4 is 14.4 Å². The maximum absolute atomic E-state index is 13.5. The lowest BCUT2D eigenvalue weighted by atomic mass is 9.53. The first-order valence-electron chi connectivity index (χ1n) is 10.8. The number of hydrogen-bond acceptors (Lipinski definition) is 5. The second-order valence-corrected chi connectivity index (χ2v) is 9.48. The Bertz CT molecular complexity index is 974. The first-order chi connectivity index (χ1) is 14.2. The van der Waals surface area contributed by atoms with Crippen molar-refractivity contribution in [2.24, 2.45) is 11.8 Å². The molecule has 152 valence electrons. The lowest BCUT2D eigenvalue weighted by Gasteiger charge is -2.58. The molecule has 0 N–H and O–H groups in total. The third-order valence-corrected chi connectivity index (χ3v) is 8.81. The van der Waals surface area contributed by atoms with E-state index in [-0.39, 0.29) is 23.5 Å². The van der Waals surface area contributed by atoms with Gasteiger partial charge in [0.2, 0.25) is 5.91 Å².